The molecular weight excluding hydrogens is 435 g/mol. The quantitative estimate of drug-likeness (QED) is 0.192. The minimum absolute atomic E-state index is 0.0576. The average molecular weight is 479 g/mol. The predicted octanol–water partition coefficient (Wildman–Crippen LogP) is 9.80. The van der Waals surface area contributed by atoms with E-state index in [1.54, 1.807) is 6.07 Å². The molecule has 3 heteroatoms. The normalized spacial score (nSPS) is 11.4. The molecule has 0 spiro atoms. The molecule has 1 aromatic heterocycles. The molecule has 1 heterocycles. The monoisotopic (exact) mass is 478 g/mol. The summed E-state index contributed by atoms with van der Waals surface area (Å²) in [5.41, 5.74) is 1.95. The van der Waals surface area contributed by atoms with Gasteiger partial charge in [0.05, 0.1) is 0 Å². The van der Waals surface area contributed by atoms with Crippen molar-refractivity contribution in [1.29, 1.82) is 0 Å². The molecule has 0 radical (unpaired) electrons. The minimum atomic E-state index is -0.569. The van der Waals surface area contributed by atoms with Gasteiger partial charge in [0.15, 0.2) is 0 Å². The van der Waals surface area contributed by atoms with Crippen molar-refractivity contribution in [3.8, 4) is 11.1 Å². The van der Waals surface area contributed by atoms with Crippen molar-refractivity contribution in [2.45, 2.75) is 110 Å². The SMILES string of the molecule is CCCCCCCCCCc1cc2ccc(-c3ccc(CCCCCCC)cc3)c(F)c2c(=O)o1. The summed E-state index contributed by atoms with van der Waals surface area (Å²) in [4.78, 5) is 12.7. The molecule has 0 aliphatic carbocycles. The maximum Gasteiger partial charge on any atom is 0.346 e. The average Bonchev–Trinajstić information content (AvgIpc) is 2.86. The number of rotatable bonds is 16. The number of benzene rings is 2. The smallest absolute Gasteiger partial charge is 0.346 e. The molecule has 0 unspecified atom stereocenters. The van der Waals surface area contributed by atoms with Crippen LogP contribution in [0.15, 0.2) is 51.7 Å². The van der Waals surface area contributed by atoms with E-state index in [4.69, 9.17) is 4.42 Å². The molecule has 35 heavy (non-hydrogen) atoms. The van der Waals surface area contributed by atoms with Crippen LogP contribution in [-0.2, 0) is 12.8 Å². The van der Waals surface area contributed by atoms with Crippen LogP contribution in [0.2, 0.25) is 0 Å². The van der Waals surface area contributed by atoms with Crippen molar-refractivity contribution in [2.75, 3.05) is 0 Å². The Kier molecular flexibility index (Phi) is 11.5. The third kappa shape index (κ3) is 8.33. The number of fused-ring (bicyclic) bond motifs is 1. The van der Waals surface area contributed by atoms with Crippen molar-refractivity contribution in [2.24, 2.45) is 0 Å². The molecule has 0 aliphatic rings. The predicted molar refractivity (Wildman–Crippen MR) is 147 cm³/mol. The van der Waals surface area contributed by atoms with Gasteiger partial charge in [-0.05, 0) is 41.8 Å². The van der Waals surface area contributed by atoms with Crippen LogP contribution in [0.5, 0.6) is 0 Å². The van der Waals surface area contributed by atoms with Crippen molar-refractivity contribution in [3.05, 3.63) is 70.0 Å². The second-order valence-corrected chi connectivity index (χ2v) is 9.98. The fraction of sp³-hybridized carbons (Fsp3) is 0.531. The van der Waals surface area contributed by atoms with Crippen LogP contribution in [-0.4, -0.2) is 0 Å². The Morgan fingerprint density at radius 3 is 1.89 bits per heavy atom. The fourth-order valence-corrected chi connectivity index (χ4v) is 4.85. The first kappa shape index (κ1) is 27.2. The fourth-order valence-electron chi connectivity index (χ4n) is 4.85. The highest BCUT2D eigenvalue weighted by Gasteiger charge is 2.15. The lowest BCUT2D eigenvalue weighted by Crippen LogP contribution is -2.05. The lowest BCUT2D eigenvalue weighted by Gasteiger charge is -2.09. The van der Waals surface area contributed by atoms with Crippen LogP contribution in [0, 0.1) is 5.82 Å². The highest BCUT2D eigenvalue weighted by Crippen LogP contribution is 2.28. The zero-order valence-electron chi connectivity index (χ0n) is 21.8. The number of hydrogen-bond donors (Lipinski definition) is 0. The topological polar surface area (TPSA) is 30.2 Å². The van der Waals surface area contributed by atoms with Crippen LogP contribution in [0.1, 0.15) is 109 Å². The van der Waals surface area contributed by atoms with Crippen molar-refractivity contribution >= 4 is 10.8 Å². The van der Waals surface area contributed by atoms with E-state index in [-0.39, 0.29) is 5.39 Å². The molecule has 0 aliphatic heterocycles. The van der Waals surface area contributed by atoms with Gasteiger partial charge in [-0.2, -0.15) is 0 Å². The first-order chi connectivity index (χ1) is 17.1. The van der Waals surface area contributed by atoms with Gasteiger partial charge in [0.1, 0.15) is 17.0 Å². The van der Waals surface area contributed by atoms with Crippen molar-refractivity contribution < 1.29 is 8.81 Å². The summed E-state index contributed by atoms with van der Waals surface area (Å²) in [6.07, 6.45) is 17.9. The lowest BCUT2D eigenvalue weighted by atomic mass is 9.98. The zero-order chi connectivity index (χ0) is 24.9. The minimum Gasteiger partial charge on any atom is -0.427 e. The van der Waals surface area contributed by atoms with Crippen LogP contribution in [0.4, 0.5) is 4.39 Å². The summed E-state index contributed by atoms with van der Waals surface area (Å²) in [6, 6.07) is 13.6. The second-order valence-electron chi connectivity index (χ2n) is 9.98. The molecule has 0 amide bonds. The molecular formula is C32H43FO2. The molecule has 3 aromatic rings. The molecule has 190 valence electrons. The number of aryl methyl sites for hydroxylation is 2. The number of halogens is 1. The summed E-state index contributed by atoms with van der Waals surface area (Å²) in [5.74, 6) is 0.172. The van der Waals surface area contributed by atoms with E-state index in [2.05, 4.69) is 26.0 Å². The Morgan fingerprint density at radius 2 is 1.26 bits per heavy atom. The Hall–Kier alpha value is -2.42. The van der Waals surface area contributed by atoms with E-state index in [0.717, 1.165) is 31.2 Å². The highest BCUT2D eigenvalue weighted by atomic mass is 19.1. The van der Waals surface area contributed by atoms with E-state index in [9.17, 15) is 4.79 Å². The Labute approximate surface area is 211 Å². The van der Waals surface area contributed by atoms with E-state index >= 15 is 4.39 Å². The van der Waals surface area contributed by atoms with Gasteiger partial charge in [-0.3, -0.25) is 0 Å². The van der Waals surface area contributed by atoms with Gasteiger partial charge in [0.25, 0.3) is 0 Å². The summed E-state index contributed by atoms with van der Waals surface area (Å²) >= 11 is 0. The highest BCUT2D eigenvalue weighted by molar-refractivity contribution is 5.87. The van der Waals surface area contributed by atoms with Gasteiger partial charge >= 0.3 is 5.63 Å². The van der Waals surface area contributed by atoms with Gasteiger partial charge in [0, 0.05) is 12.0 Å². The van der Waals surface area contributed by atoms with Crippen LogP contribution in [0.25, 0.3) is 21.9 Å². The zero-order valence-corrected chi connectivity index (χ0v) is 21.8. The summed E-state index contributed by atoms with van der Waals surface area (Å²) in [5, 5.41) is 0.683. The molecule has 0 N–H and O–H groups in total. The van der Waals surface area contributed by atoms with Crippen LogP contribution in [0.3, 0.4) is 0 Å². The number of unbranched alkanes of at least 4 members (excludes halogenated alkanes) is 11. The molecule has 0 saturated carbocycles. The van der Waals surface area contributed by atoms with Gasteiger partial charge in [-0.1, -0.05) is 121 Å². The van der Waals surface area contributed by atoms with Gasteiger partial charge < -0.3 is 4.42 Å². The maximum absolute atomic E-state index is 15.4. The molecule has 0 atom stereocenters. The van der Waals surface area contributed by atoms with Crippen molar-refractivity contribution in [1.82, 2.24) is 0 Å². The van der Waals surface area contributed by atoms with E-state index in [1.807, 2.05) is 24.3 Å². The molecule has 0 saturated heterocycles. The molecule has 0 bridgehead atoms. The largest absolute Gasteiger partial charge is 0.427 e. The first-order valence-electron chi connectivity index (χ1n) is 14.0. The molecule has 3 rings (SSSR count). The molecule has 2 aromatic carbocycles. The molecule has 0 fully saturated rings. The summed E-state index contributed by atoms with van der Waals surface area (Å²) in [6.45, 7) is 4.46. The van der Waals surface area contributed by atoms with Gasteiger partial charge in [-0.15, -0.1) is 0 Å². The Balaban J connectivity index is 1.60. The molecule has 2 nitrogen and oxygen atoms in total. The van der Waals surface area contributed by atoms with Gasteiger partial charge in [-0.25, -0.2) is 9.18 Å². The van der Waals surface area contributed by atoms with Crippen molar-refractivity contribution in [3.63, 3.8) is 0 Å². The Morgan fingerprint density at radius 1 is 0.686 bits per heavy atom. The summed E-state index contributed by atoms with van der Waals surface area (Å²) in [7, 11) is 0. The maximum atomic E-state index is 15.4. The third-order valence-electron chi connectivity index (χ3n) is 7.03. The summed E-state index contributed by atoms with van der Waals surface area (Å²) < 4.78 is 20.9. The van der Waals surface area contributed by atoms with E-state index in [0.29, 0.717) is 16.7 Å². The Bertz CT molecular complexity index is 1080. The van der Waals surface area contributed by atoms with E-state index < -0.39 is 11.4 Å². The third-order valence-corrected chi connectivity index (χ3v) is 7.03. The first-order valence-corrected chi connectivity index (χ1v) is 14.0. The standard InChI is InChI=1S/C32H43FO2/c1-3-5-7-9-10-11-13-15-17-28-24-27-22-23-29(31(33)30(27)32(34)35-28)26-20-18-25(19-21-26)16-14-12-8-6-4-2/h18-24H,3-17H2,1-2H3. The van der Waals surface area contributed by atoms with E-state index in [1.165, 1.54) is 76.2 Å². The number of hydrogen-bond acceptors (Lipinski definition) is 2. The van der Waals surface area contributed by atoms with Crippen LogP contribution < -0.4 is 5.63 Å². The van der Waals surface area contributed by atoms with Gasteiger partial charge in [0.2, 0.25) is 0 Å². The van der Waals surface area contributed by atoms with Crippen LogP contribution >= 0.6 is 0 Å². The lowest BCUT2D eigenvalue weighted by molar-refractivity contribution is 0.452. The second kappa shape index (κ2) is 14.9.